The Kier molecular flexibility index (Phi) is 4.17. The van der Waals surface area contributed by atoms with E-state index in [-0.39, 0.29) is 11.8 Å². The van der Waals surface area contributed by atoms with Crippen LogP contribution in [0.3, 0.4) is 0 Å². The molecule has 7 nitrogen and oxygen atoms in total. The number of amides is 1. The van der Waals surface area contributed by atoms with Crippen LogP contribution in [0.15, 0.2) is 36.5 Å². The molecule has 3 rings (SSSR count). The number of aromatic amines is 1. The lowest BCUT2D eigenvalue weighted by Gasteiger charge is -2.12. The van der Waals surface area contributed by atoms with Crippen LogP contribution in [0.2, 0.25) is 0 Å². The van der Waals surface area contributed by atoms with Crippen molar-refractivity contribution in [3.63, 3.8) is 0 Å². The molecule has 25 heavy (non-hydrogen) atoms. The Balaban J connectivity index is 1.87. The summed E-state index contributed by atoms with van der Waals surface area (Å²) in [5, 5.41) is 5.58. The predicted molar refractivity (Wildman–Crippen MR) is 86.7 cm³/mol. The van der Waals surface area contributed by atoms with Gasteiger partial charge in [0.15, 0.2) is 0 Å². The molecule has 0 saturated carbocycles. The van der Waals surface area contributed by atoms with Crippen molar-refractivity contribution in [2.45, 2.75) is 6.18 Å². The van der Waals surface area contributed by atoms with E-state index in [4.69, 9.17) is 5.73 Å². The maximum atomic E-state index is 12.5. The minimum atomic E-state index is -4.37. The number of nitrogens with zero attached hydrogens (tertiary/aromatic N) is 2. The lowest BCUT2D eigenvalue weighted by Crippen LogP contribution is -2.22. The van der Waals surface area contributed by atoms with Gasteiger partial charge < -0.3 is 21.4 Å². The zero-order valence-corrected chi connectivity index (χ0v) is 12.7. The minimum Gasteiger partial charge on any atom is -0.366 e. The second-order valence-electron chi connectivity index (χ2n) is 5.17. The first-order valence-corrected chi connectivity index (χ1v) is 7.14. The summed E-state index contributed by atoms with van der Waals surface area (Å²) in [6, 6.07) is 7.79. The van der Waals surface area contributed by atoms with Gasteiger partial charge in [-0.05, 0) is 30.3 Å². The van der Waals surface area contributed by atoms with Gasteiger partial charge in [-0.15, -0.1) is 0 Å². The average Bonchev–Trinajstić information content (AvgIpc) is 3.01. The van der Waals surface area contributed by atoms with E-state index < -0.39 is 18.6 Å². The third-order valence-corrected chi connectivity index (χ3v) is 3.30. The van der Waals surface area contributed by atoms with Gasteiger partial charge in [0.1, 0.15) is 18.0 Å². The number of carbonyl (C=O) groups is 1. The summed E-state index contributed by atoms with van der Waals surface area (Å²) < 4.78 is 37.4. The fourth-order valence-electron chi connectivity index (χ4n) is 2.16. The Morgan fingerprint density at radius 1 is 1.16 bits per heavy atom. The second-order valence-corrected chi connectivity index (χ2v) is 5.17. The molecule has 0 fully saturated rings. The van der Waals surface area contributed by atoms with E-state index in [9.17, 15) is 18.0 Å². The number of rotatable bonds is 5. The van der Waals surface area contributed by atoms with Crippen molar-refractivity contribution in [3.8, 4) is 0 Å². The van der Waals surface area contributed by atoms with Crippen LogP contribution in [-0.4, -0.2) is 33.6 Å². The Morgan fingerprint density at radius 2 is 1.88 bits per heavy atom. The molecule has 3 aromatic rings. The molecule has 0 radical (unpaired) electrons. The highest BCUT2D eigenvalue weighted by atomic mass is 19.4. The van der Waals surface area contributed by atoms with E-state index in [0.717, 1.165) is 0 Å². The number of H-pyrrole nitrogens is 1. The van der Waals surface area contributed by atoms with E-state index in [1.54, 1.807) is 24.4 Å². The molecule has 2 heterocycles. The van der Waals surface area contributed by atoms with Crippen LogP contribution in [0, 0.1) is 0 Å². The van der Waals surface area contributed by atoms with E-state index in [1.807, 2.05) is 0 Å². The Morgan fingerprint density at radius 3 is 2.52 bits per heavy atom. The molecule has 0 unspecified atom stereocenters. The van der Waals surface area contributed by atoms with Crippen molar-refractivity contribution in [1.82, 2.24) is 15.0 Å². The maximum Gasteiger partial charge on any atom is 0.405 e. The van der Waals surface area contributed by atoms with Gasteiger partial charge in [0, 0.05) is 17.4 Å². The molecule has 130 valence electrons. The summed E-state index contributed by atoms with van der Waals surface area (Å²) in [7, 11) is 0. The van der Waals surface area contributed by atoms with E-state index in [2.05, 4.69) is 25.6 Å². The number of nitrogens with one attached hydrogen (secondary N) is 3. The summed E-state index contributed by atoms with van der Waals surface area (Å²) in [5.41, 5.74) is 6.44. The summed E-state index contributed by atoms with van der Waals surface area (Å²) in [4.78, 5) is 22.2. The van der Waals surface area contributed by atoms with Crippen molar-refractivity contribution in [1.29, 1.82) is 0 Å². The number of carbonyl (C=O) groups excluding carboxylic acids is 1. The van der Waals surface area contributed by atoms with Crippen molar-refractivity contribution in [2.24, 2.45) is 5.73 Å². The third kappa shape index (κ3) is 3.97. The Hall–Kier alpha value is -3.30. The van der Waals surface area contributed by atoms with Crippen LogP contribution in [-0.2, 0) is 0 Å². The first-order valence-electron chi connectivity index (χ1n) is 7.14. The van der Waals surface area contributed by atoms with Gasteiger partial charge >= 0.3 is 6.18 Å². The number of anilines is 3. The number of primary amides is 1. The van der Waals surface area contributed by atoms with Gasteiger partial charge in [-0.25, -0.2) is 0 Å². The molecule has 2 aromatic heterocycles. The quantitative estimate of drug-likeness (QED) is 0.566. The third-order valence-electron chi connectivity index (χ3n) is 3.30. The summed E-state index contributed by atoms with van der Waals surface area (Å²) >= 11 is 0. The second kappa shape index (κ2) is 6.30. The minimum absolute atomic E-state index is 0.0554. The van der Waals surface area contributed by atoms with E-state index in [1.165, 1.54) is 12.1 Å². The first kappa shape index (κ1) is 16.6. The summed E-state index contributed by atoms with van der Waals surface area (Å²) in [6.45, 7) is -1.21. The van der Waals surface area contributed by atoms with Crippen molar-refractivity contribution in [2.75, 3.05) is 17.2 Å². The van der Waals surface area contributed by atoms with Crippen LogP contribution >= 0.6 is 0 Å². The number of hydrogen-bond donors (Lipinski definition) is 4. The largest absolute Gasteiger partial charge is 0.405 e. The Bertz CT molecular complexity index is 904. The number of aromatic nitrogens is 3. The number of nitrogens with two attached hydrogens (primary N) is 1. The van der Waals surface area contributed by atoms with Gasteiger partial charge in [0.25, 0.3) is 0 Å². The summed E-state index contributed by atoms with van der Waals surface area (Å²) in [6.07, 6.45) is -2.81. The molecule has 0 saturated heterocycles. The van der Waals surface area contributed by atoms with Crippen molar-refractivity contribution < 1.29 is 18.0 Å². The van der Waals surface area contributed by atoms with Crippen LogP contribution in [0.1, 0.15) is 10.4 Å². The summed E-state index contributed by atoms with van der Waals surface area (Å²) in [5.74, 6) is -0.402. The predicted octanol–water partition coefficient (Wildman–Crippen LogP) is 2.77. The molecule has 1 amide bonds. The zero-order valence-electron chi connectivity index (χ0n) is 12.7. The normalized spacial score (nSPS) is 11.5. The van der Waals surface area contributed by atoms with Crippen LogP contribution in [0.4, 0.5) is 30.6 Å². The molecule has 10 heteroatoms. The number of alkyl halides is 3. The van der Waals surface area contributed by atoms with Gasteiger partial charge in [0.2, 0.25) is 11.9 Å². The monoisotopic (exact) mass is 350 g/mol. The topological polar surface area (TPSA) is 109 Å². The number of benzene rings is 1. The highest BCUT2D eigenvalue weighted by Gasteiger charge is 2.27. The molecular formula is C15H13F3N6O. The van der Waals surface area contributed by atoms with Gasteiger partial charge in [-0.3, -0.25) is 4.79 Å². The molecule has 1 aromatic carbocycles. The van der Waals surface area contributed by atoms with E-state index in [0.29, 0.717) is 22.3 Å². The van der Waals surface area contributed by atoms with Gasteiger partial charge in [-0.1, -0.05) is 0 Å². The van der Waals surface area contributed by atoms with Crippen LogP contribution in [0.25, 0.3) is 11.0 Å². The van der Waals surface area contributed by atoms with Crippen molar-refractivity contribution in [3.05, 3.63) is 42.1 Å². The van der Waals surface area contributed by atoms with E-state index >= 15 is 0 Å². The van der Waals surface area contributed by atoms with Crippen molar-refractivity contribution >= 4 is 34.4 Å². The van der Waals surface area contributed by atoms with Crippen LogP contribution in [0.5, 0.6) is 0 Å². The highest BCUT2D eigenvalue weighted by molar-refractivity contribution is 5.93. The first-order chi connectivity index (χ1) is 11.8. The number of hydrogen-bond acceptors (Lipinski definition) is 5. The highest BCUT2D eigenvalue weighted by Crippen LogP contribution is 2.24. The van der Waals surface area contributed by atoms with Crippen LogP contribution < -0.4 is 16.4 Å². The lowest BCUT2D eigenvalue weighted by molar-refractivity contribution is -0.115. The number of halogens is 3. The molecule has 0 aliphatic rings. The van der Waals surface area contributed by atoms with Gasteiger partial charge in [0.05, 0.1) is 5.39 Å². The molecule has 5 N–H and O–H groups in total. The molecule has 0 spiro atoms. The molecular weight excluding hydrogens is 337 g/mol. The fraction of sp³-hybridized carbons (Fsp3) is 0.133. The standard InChI is InChI=1S/C15H13F3N6O/c16-15(17,18)7-21-13-10-5-6-20-12(10)23-14(24-13)22-9-3-1-8(2-4-9)11(19)25/h1-6H,7H2,(H2,19,25)(H3,20,21,22,23,24). The smallest absolute Gasteiger partial charge is 0.366 e. The molecule has 0 aliphatic carbocycles. The fourth-order valence-corrected chi connectivity index (χ4v) is 2.16. The maximum absolute atomic E-state index is 12.5. The zero-order chi connectivity index (χ0) is 18.0. The average molecular weight is 350 g/mol. The van der Waals surface area contributed by atoms with Gasteiger partial charge in [-0.2, -0.15) is 23.1 Å². The SMILES string of the molecule is NC(=O)c1ccc(Nc2nc(NCC(F)(F)F)c3cc[nH]c3n2)cc1. The lowest BCUT2D eigenvalue weighted by atomic mass is 10.2. The number of fused-ring (bicyclic) bond motifs is 1. The Labute approximate surface area is 139 Å². The molecule has 0 bridgehead atoms. The molecule has 0 atom stereocenters. The molecule has 0 aliphatic heterocycles.